The van der Waals surface area contributed by atoms with E-state index >= 15 is 0 Å². The van der Waals surface area contributed by atoms with Crippen molar-refractivity contribution < 1.29 is 14.3 Å². The van der Waals surface area contributed by atoms with E-state index in [1.165, 1.54) is 0 Å². The van der Waals surface area contributed by atoms with Gasteiger partial charge in [-0.1, -0.05) is 0 Å². The van der Waals surface area contributed by atoms with Crippen molar-refractivity contribution in [3.8, 4) is 5.88 Å². The van der Waals surface area contributed by atoms with Crippen LogP contribution in [0, 0.1) is 5.92 Å². The second-order valence-electron chi connectivity index (χ2n) is 7.27. The molecular weight excluding hydrogens is 318 g/mol. The normalized spacial score (nSPS) is 25.1. The Bertz CT molecular complexity index is 582. The Morgan fingerprint density at radius 1 is 1.24 bits per heavy atom. The molecule has 2 saturated heterocycles. The predicted octanol–water partition coefficient (Wildman–Crippen LogP) is 2.05. The van der Waals surface area contributed by atoms with Crippen molar-refractivity contribution >= 4 is 5.91 Å². The van der Waals surface area contributed by atoms with Gasteiger partial charge in [0.15, 0.2) is 0 Å². The van der Waals surface area contributed by atoms with Gasteiger partial charge in [-0.3, -0.25) is 9.69 Å². The van der Waals surface area contributed by atoms with E-state index in [1.807, 2.05) is 12.0 Å². The lowest BCUT2D eigenvalue weighted by Crippen LogP contribution is -2.66. The zero-order valence-corrected chi connectivity index (χ0v) is 15.6. The summed E-state index contributed by atoms with van der Waals surface area (Å²) in [6.45, 7) is 7.11. The molecule has 0 saturated carbocycles. The van der Waals surface area contributed by atoms with Crippen molar-refractivity contribution in [2.45, 2.75) is 44.9 Å². The molecule has 2 aliphatic heterocycles. The SMILES string of the molecule is COc1ccc(C(=O)N2CCC(C3C(OC)CN3C(C)C)CC2)cn1. The Morgan fingerprint density at radius 2 is 1.96 bits per heavy atom. The Labute approximate surface area is 150 Å². The molecule has 2 atom stereocenters. The Kier molecular flexibility index (Phi) is 5.59. The van der Waals surface area contributed by atoms with Crippen LogP contribution in [-0.4, -0.2) is 72.7 Å². The van der Waals surface area contributed by atoms with Crippen molar-refractivity contribution in [3.05, 3.63) is 23.9 Å². The van der Waals surface area contributed by atoms with Crippen molar-refractivity contribution in [2.75, 3.05) is 33.9 Å². The number of rotatable bonds is 5. The second-order valence-corrected chi connectivity index (χ2v) is 7.27. The summed E-state index contributed by atoms with van der Waals surface area (Å²) < 4.78 is 10.7. The van der Waals surface area contributed by atoms with Gasteiger partial charge in [-0.2, -0.15) is 0 Å². The Morgan fingerprint density at radius 3 is 2.48 bits per heavy atom. The number of likely N-dealkylation sites (tertiary alicyclic amines) is 2. The molecule has 0 aromatic carbocycles. The molecule has 3 heterocycles. The average Bonchev–Trinajstić information content (AvgIpc) is 2.61. The molecule has 1 aromatic rings. The van der Waals surface area contributed by atoms with E-state index in [0.717, 1.165) is 32.5 Å². The first kappa shape index (κ1) is 18.1. The highest BCUT2D eigenvalue weighted by Crippen LogP contribution is 2.35. The Hall–Kier alpha value is -1.66. The molecule has 2 aliphatic rings. The summed E-state index contributed by atoms with van der Waals surface area (Å²) in [6, 6.07) is 4.55. The quantitative estimate of drug-likeness (QED) is 0.816. The standard InChI is InChI=1S/C19H29N3O3/c1-13(2)22-12-16(24-3)18(22)14-7-9-21(10-8-14)19(23)15-5-6-17(25-4)20-11-15/h5-6,11,13-14,16,18H,7-10,12H2,1-4H3. The predicted molar refractivity (Wildman–Crippen MR) is 95.8 cm³/mol. The van der Waals surface area contributed by atoms with Gasteiger partial charge in [0.2, 0.25) is 5.88 Å². The first-order valence-electron chi connectivity index (χ1n) is 9.13. The molecule has 2 unspecified atom stereocenters. The minimum atomic E-state index is 0.0613. The lowest BCUT2D eigenvalue weighted by Gasteiger charge is -2.54. The summed E-state index contributed by atoms with van der Waals surface area (Å²) >= 11 is 0. The summed E-state index contributed by atoms with van der Waals surface area (Å²) in [4.78, 5) is 21.3. The number of hydrogen-bond acceptors (Lipinski definition) is 5. The number of amides is 1. The van der Waals surface area contributed by atoms with Crippen LogP contribution in [0.5, 0.6) is 5.88 Å². The van der Waals surface area contributed by atoms with Crippen LogP contribution < -0.4 is 4.74 Å². The van der Waals surface area contributed by atoms with Crippen LogP contribution in [0.3, 0.4) is 0 Å². The van der Waals surface area contributed by atoms with E-state index in [4.69, 9.17) is 9.47 Å². The monoisotopic (exact) mass is 347 g/mol. The summed E-state index contributed by atoms with van der Waals surface area (Å²) in [6.07, 6.45) is 3.99. The third-order valence-corrected chi connectivity index (χ3v) is 5.62. The van der Waals surface area contributed by atoms with Gasteiger partial charge < -0.3 is 14.4 Å². The summed E-state index contributed by atoms with van der Waals surface area (Å²) in [5, 5.41) is 0. The lowest BCUT2D eigenvalue weighted by molar-refractivity contribution is -0.128. The van der Waals surface area contributed by atoms with E-state index in [-0.39, 0.29) is 5.91 Å². The molecule has 1 amide bonds. The maximum absolute atomic E-state index is 12.7. The third kappa shape index (κ3) is 3.65. The number of carbonyl (C=O) groups is 1. The van der Waals surface area contributed by atoms with Crippen molar-refractivity contribution in [1.29, 1.82) is 0 Å². The van der Waals surface area contributed by atoms with Crippen molar-refractivity contribution in [2.24, 2.45) is 5.92 Å². The highest BCUT2D eigenvalue weighted by Gasteiger charge is 2.45. The average molecular weight is 347 g/mol. The fourth-order valence-corrected chi connectivity index (χ4v) is 4.11. The minimum absolute atomic E-state index is 0.0613. The molecule has 1 aromatic heterocycles. The van der Waals surface area contributed by atoms with Crippen LogP contribution in [-0.2, 0) is 4.74 Å². The van der Waals surface area contributed by atoms with E-state index < -0.39 is 0 Å². The van der Waals surface area contributed by atoms with E-state index in [2.05, 4.69) is 23.7 Å². The van der Waals surface area contributed by atoms with Crippen LogP contribution in [0.15, 0.2) is 18.3 Å². The van der Waals surface area contributed by atoms with E-state index in [1.54, 1.807) is 25.4 Å². The third-order valence-electron chi connectivity index (χ3n) is 5.62. The van der Waals surface area contributed by atoms with Crippen molar-refractivity contribution in [1.82, 2.24) is 14.8 Å². The van der Waals surface area contributed by atoms with Crippen LogP contribution in [0.25, 0.3) is 0 Å². The van der Waals surface area contributed by atoms with Gasteiger partial charge in [-0.15, -0.1) is 0 Å². The van der Waals surface area contributed by atoms with Crippen LogP contribution in [0.1, 0.15) is 37.0 Å². The van der Waals surface area contributed by atoms with E-state index in [0.29, 0.717) is 35.5 Å². The number of carbonyl (C=O) groups excluding carboxylic acids is 1. The number of hydrogen-bond donors (Lipinski definition) is 0. The molecule has 2 fully saturated rings. The Balaban J connectivity index is 1.58. The molecule has 6 heteroatoms. The number of aromatic nitrogens is 1. The number of piperidine rings is 1. The maximum atomic E-state index is 12.7. The first-order chi connectivity index (χ1) is 12.0. The number of pyridine rings is 1. The largest absolute Gasteiger partial charge is 0.481 e. The summed E-state index contributed by atoms with van der Waals surface area (Å²) in [5.41, 5.74) is 0.626. The van der Waals surface area contributed by atoms with Crippen LogP contribution in [0.2, 0.25) is 0 Å². The van der Waals surface area contributed by atoms with Gasteiger partial charge in [0.05, 0.1) is 18.8 Å². The fraction of sp³-hybridized carbons (Fsp3) is 0.684. The fourth-order valence-electron chi connectivity index (χ4n) is 4.11. The highest BCUT2D eigenvalue weighted by molar-refractivity contribution is 5.94. The van der Waals surface area contributed by atoms with Gasteiger partial charge in [0.1, 0.15) is 0 Å². The molecular formula is C19H29N3O3. The molecule has 0 aliphatic carbocycles. The lowest BCUT2D eigenvalue weighted by atomic mass is 9.79. The summed E-state index contributed by atoms with van der Waals surface area (Å²) in [7, 11) is 3.38. The molecule has 138 valence electrons. The highest BCUT2D eigenvalue weighted by atomic mass is 16.5. The van der Waals surface area contributed by atoms with Gasteiger partial charge in [-0.25, -0.2) is 4.98 Å². The number of ether oxygens (including phenoxy) is 2. The number of nitrogens with zero attached hydrogens (tertiary/aromatic N) is 3. The van der Waals surface area contributed by atoms with Crippen molar-refractivity contribution in [3.63, 3.8) is 0 Å². The maximum Gasteiger partial charge on any atom is 0.255 e. The topological polar surface area (TPSA) is 54.9 Å². The van der Waals surface area contributed by atoms with Gasteiger partial charge in [-0.05, 0) is 38.7 Å². The smallest absolute Gasteiger partial charge is 0.255 e. The van der Waals surface area contributed by atoms with Gasteiger partial charge in [0, 0.05) is 51.1 Å². The van der Waals surface area contributed by atoms with E-state index in [9.17, 15) is 4.79 Å². The molecule has 3 rings (SSSR count). The van der Waals surface area contributed by atoms with Gasteiger partial charge >= 0.3 is 0 Å². The molecule has 25 heavy (non-hydrogen) atoms. The van der Waals surface area contributed by atoms with Crippen LogP contribution >= 0.6 is 0 Å². The first-order valence-corrected chi connectivity index (χ1v) is 9.13. The zero-order valence-electron chi connectivity index (χ0n) is 15.6. The molecule has 0 radical (unpaired) electrons. The van der Waals surface area contributed by atoms with Gasteiger partial charge in [0.25, 0.3) is 5.91 Å². The second kappa shape index (κ2) is 7.70. The molecule has 0 N–H and O–H groups in total. The zero-order chi connectivity index (χ0) is 18.0. The minimum Gasteiger partial charge on any atom is -0.481 e. The van der Waals surface area contributed by atoms with Crippen LogP contribution in [0.4, 0.5) is 0 Å². The summed E-state index contributed by atoms with van der Waals surface area (Å²) in [5.74, 6) is 1.19. The number of methoxy groups -OCH3 is 2. The molecule has 0 bridgehead atoms. The molecule has 6 nitrogen and oxygen atoms in total. The molecule has 0 spiro atoms.